The van der Waals surface area contributed by atoms with Crippen LogP contribution in [0.5, 0.6) is 0 Å². The molecule has 3 aromatic heterocycles. The molecular formula is C13H15N7S. The van der Waals surface area contributed by atoms with Crippen molar-refractivity contribution in [3.05, 3.63) is 24.4 Å². The second kappa shape index (κ2) is 5.45. The zero-order valence-corrected chi connectivity index (χ0v) is 12.3. The number of likely N-dealkylation sites (tertiary alicyclic amines) is 1. The van der Waals surface area contributed by atoms with Gasteiger partial charge < -0.3 is 0 Å². The molecule has 0 amide bonds. The molecular weight excluding hydrogens is 286 g/mol. The molecule has 1 aliphatic heterocycles. The molecule has 0 radical (unpaired) electrons. The van der Waals surface area contributed by atoms with Crippen LogP contribution in [0.25, 0.3) is 15.7 Å². The summed E-state index contributed by atoms with van der Waals surface area (Å²) in [4.78, 5) is 11.6. The van der Waals surface area contributed by atoms with Gasteiger partial charge in [0.25, 0.3) is 0 Å². The van der Waals surface area contributed by atoms with Crippen molar-refractivity contribution in [3.63, 3.8) is 0 Å². The van der Waals surface area contributed by atoms with E-state index in [2.05, 4.69) is 30.2 Å². The van der Waals surface area contributed by atoms with E-state index >= 15 is 0 Å². The predicted molar refractivity (Wildman–Crippen MR) is 78.8 cm³/mol. The number of rotatable bonds is 3. The fourth-order valence-corrected chi connectivity index (χ4v) is 3.41. The molecule has 0 saturated carbocycles. The number of hydrogen-bond acceptors (Lipinski definition) is 7. The van der Waals surface area contributed by atoms with Crippen molar-refractivity contribution in [2.75, 3.05) is 13.1 Å². The predicted octanol–water partition coefficient (Wildman–Crippen LogP) is 1.63. The van der Waals surface area contributed by atoms with Gasteiger partial charge in [-0.05, 0) is 25.9 Å². The van der Waals surface area contributed by atoms with E-state index in [1.165, 1.54) is 30.6 Å². The molecule has 0 N–H and O–H groups in total. The summed E-state index contributed by atoms with van der Waals surface area (Å²) >= 11 is 1.49. The van der Waals surface area contributed by atoms with Crippen LogP contribution in [0.3, 0.4) is 0 Å². The Kier molecular flexibility index (Phi) is 3.32. The van der Waals surface area contributed by atoms with Gasteiger partial charge in [-0.1, -0.05) is 17.8 Å². The Balaban J connectivity index is 1.63. The zero-order valence-electron chi connectivity index (χ0n) is 11.5. The number of aromatic nitrogens is 6. The highest BCUT2D eigenvalue weighted by Gasteiger charge is 2.17. The van der Waals surface area contributed by atoms with Gasteiger partial charge in [-0.25, -0.2) is 0 Å². The molecule has 108 valence electrons. The van der Waals surface area contributed by atoms with Gasteiger partial charge in [0, 0.05) is 12.4 Å². The normalized spacial score (nSPS) is 16.6. The molecule has 4 rings (SSSR count). The summed E-state index contributed by atoms with van der Waals surface area (Å²) in [5.74, 6) is 0.901. The van der Waals surface area contributed by atoms with Crippen molar-refractivity contribution in [2.45, 2.75) is 25.8 Å². The highest BCUT2D eigenvalue weighted by Crippen LogP contribution is 2.23. The first-order valence-electron chi connectivity index (χ1n) is 7.10. The van der Waals surface area contributed by atoms with Gasteiger partial charge in [0.2, 0.25) is 4.96 Å². The summed E-state index contributed by atoms with van der Waals surface area (Å²) in [5.41, 5.74) is 0.775. The maximum Gasteiger partial charge on any atom is 0.235 e. The molecule has 1 saturated heterocycles. The van der Waals surface area contributed by atoms with Gasteiger partial charge in [0.1, 0.15) is 5.69 Å². The maximum atomic E-state index is 4.59. The first-order chi connectivity index (χ1) is 10.4. The zero-order chi connectivity index (χ0) is 14.1. The van der Waals surface area contributed by atoms with E-state index < -0.39 is 0 Å². The minimum atomic E-state index is 0.775. The number of piperidine rings is 1. The molecule has 1 fully saturated rings. The van der Waals surface area contributed by atoms with Crippen molar-refractivity contribution in [1.82, 2.24) is 34.7 Å². The minimum absolute atomic E-state index is 0.775. The van der Waals surface area contributed by atoms with Crippen LogP contribution < -0.4 is 0 Å². The van der Waals surface area contributed by atoms with Crippen molar-refractivity contribution in [2.24, 2.45) is 0 Å². The van der Waals surface area contributed by atoms with Crippen LogP contribution in [0.2, 0.25) is 0 Å². The van der Waals surface area contributed by atoms with Crippen LogP contribution in [0.4, 0.5) is 0 Å². The van der Waals surface area contributed by atoms with E-state index in [4.69, 9.17) is 0 Å². The highest BCUT2D eigenvalue weighted by molar-refractivity contribution is 7.19. The summed E-state index contributed by atoms with van der Waals surface area (Å²) in [6.45, 7) is 3.08. The molecule has 8 heteroatoms. The van der Waals surface area contributed by atoms with Crippen molar-refractivity contribution in [3.8, 4) is 10.7 Å². The molecule has 4 heterocycles. The fourth-order valence-electron chi connectivity index (χ4n) is 2.59. The van der Waals surface area contributed by atoms with Gasteiger partial charge in [-0.3, -0.25) is 14.9 Å². The number of fused-ring (bicyclic) bond motifs is 1. The van der Waals surface area contributed by atoms with Crippen molar-refractivity contribution < 1.29 is 0 Å². The average Bonchev–Trinajstić information content (AvgIpc) is 3.11. The van der Waals surface area contributed by atoms with Gasteiger partial charge >= 0.3 is 0 Å². The largest absolute Gasteiger partial charge is 0.296 e. The standard InChI is InChI=1S/C13H15N7S/c1-2-6-19(7-3-1)9-11-16-17-13-20(11)18-12(21-13)10-8-14-4-5-15-10/h4-5,8H,1-3,6-7,9H2. The van der Waals surface area contributed by atoms with E-state index in [0.717, 1.165) is 41.1 Å². The molecule has 0 aliphatic carbocycles. The lowest BCUT2D eigenvalue weighted by atomic mass is 10.1. The second-order valence-corrected chi connectivity index (χ2v) is 6.10. The Morgan fingerprint density at radius 3 is 2.81 bits per heavy atom. The van der Waals surface area contributed by atoms with Crippen LogP contribution in [-0.2, 0) is 6.54 Å². The molecule has 0 spiro atoms. The van der Waals surface area contributed by atoms with Crippen molar-refractivity contribution >= 4 is 16.3 Å². The Morgan fingerprint density at radius 1 is 1.10 bits per heavy atom. The molecule has 7 nitrogen and oxygen atoms in total. The Morgan fingerprint density at radius 2 is 2.00 bits per heavy atom. The average molecular weight is 301 g/mol. The van der Waals surface area contributed by atoms with Gasteiger partial charge in [0.15, 0.2) is 10.8 Å². The molecule has 0 unspecified atom stereocenters. The highest BCUT2D eigenvalue weighted by atomic mass is 32.1. The minimum Gasteiger partial charge on any atom is -0.296 e. The van der Waals surface area contributed by atoms with Gasteiger partial charge in [-0.15, -0.1) is 10.2 Å². The SMILES string of the molecule is c1cnc(-c2nn3c(CN4CCCCC4)nnc3s2)cn1. The summed E-state index contributed by atoms with van der Waals surface area (Å²) in [5, 5.41) is 13.9. The van der Waals surface area contributed by atoms with E-state index in [9.17, 15) is 0 Å². The Labute approximate surface area is 125 Å². The summed E-state index contributed by atoms with van der Waals surface area (Å²) in [6.07, 6.45) is 8.92. The Hall–Kier alpha value is -1.93. The van der Waals surface area contributed by atoms with Crippen LogP contribution in [0.15, 0.2) is 18.6 Å². The lowest BCUT2D eigenvalue weighted by molar-refractivity contribution is 0.214. The first-order valence-corrected chi connectivity index (χ1v) is 7.92. The van der Waals surface area contributed by atoms with E-state index in [-0.39, 0.29) is 0 Å². The van der Waals surface area contributed by atoms with Crippen LogP contribution in [0.1, 0.15) is 25.1 Å². The smallest absolute Gasteiger partial charge is 0.235 e. The lowest BCUT2D eigenvalue weighted by Crippen LogP contribution is -2.30. The fraction of sp³-hybridized carbons (Fsp3) is 0.462. The van der Waals surface area contributed by atoms with Crippen LogP contribution in [0, 0.1) is 0 Å². The monoisotopic (exact) mass is 301 g/mol. The Bertz CT molecular complexity index is 729. The van der Waals surface area contributed by atoms with Crippen LogP contribution in [-0.4, -0.2) is 47.8 Å². The summed E-state index contributed by atoms with van der Waals surface area (Å²) in [7, 11) is 0. The first kappa shape index (κ1) is 12.8. The summed E-state index contributed by atoms with van der Waals surface area (Å²) in [6, 6.07) is 0. The second-order valence-electron chi connectivity index (χ2n) is 5.15. The molecule has 0 bridgehead atoms. The van der Waals surface area contributed by atoms with E-state index in [1.807, 2.05) is 4.52 Å². The van der Waals surface area contributed by atoms with E-state index in [0.29, 0.717) is 0 Å². The third-order valence-corrected chi connectivity index (χ3v) is 4.57. The molecule has 0 aromatic carbocycles. The molecule has 3 aromatic rings. The third-order valence-electron chi connectivity index (χ3n) is 3.65. The number of nitrogens with zero attached hydrogens (tertiary/aromatic N) is 7. The molecule has 21 heavy (non-hydrogen) atoms. The topological polar surface area (TPSA) is 72.1 Å². The van der Waals surface area contributed by atoms with E-state index in [1.54, 1.807) is 18.6 Å². The summed E-state index contributed by atoms with van der Waals surface area (Å²) < 4.78 is 1.84. The van der Waals surface area contributed by atoms with Crippen LogP contribution >= 0.6 is 11.3 Å². The lowest BCUT2D eigenvalue weighted by Gasteiger charge is -2.25. The number of hydrogen-bond donors (Lipinski definition) is 0. The molecule has 1 aliphatic rings. The van der Waals surface area contributed by atoms with Gasteiger partial charge in [0.05, 0.1) is 12.7 Å². The molecule has 0 atom stereocenters. The third kappa shape index (κ3) is 2.52. The van der Waals surface area contributed by atoms with Gasteiger partial charge in [-0.2, -0.15) is 9.61 Å². The van der Waals surface area contributed by atoms with Crippen molar-refractivity contribution in [1.29, 1.82) is 0 Å². The maximum absolute atomic E-state index is 4.59. The quantitative estimate of drug-likeness (QED) is 0.732.